The molecule has 9 heteroatoms. The number of aromatic amines is 1. The zero-order valence-electron chi connectivity index (χ0n) is 17.9. The van der Waals surface area contributed by atoms with E-state index in [2.05, 4.69) is 30.3 Å². The SMILES string of the molecule is O=C(C1CCC(Nc2ncc3c(-c4ccc5ncnn5c4)c[nH]c3n2)CC1)N1CCCC1. The summed E-state index contributed by atoms with van der Waals surface area (Å²) in [5.41, 5.74) is 3.67. The molecule has 1 saturated carbocycles. The van der Waals surface area contributed by atoms with Crippen molar-refractivity contribution in [3.05, 3.63) is 37.1 Å². The minimum Gasteiger partial charge on any atom is -0.351 e. The molecule has 2 fully saturated rings. The number of carbonyl (C=O) groups is 1. The van der Waals surface area contributed by atoms with Gasteiger partial charge in [-0.05, 0) is 50.7 Å². The number of nitrogens with one attached hydrogen (secondary N) is 2. The summed E-state index contributed by atoms with van der Waals surface area (Å²) in [5, 5.41) is 8.67. The van der Waals surface area contributed by atoms with Crippen molar-refractivity contribution in [2.75, 3.05) is 18.4 Å². The summed E-state index contributed by atoms with van der Waals surface area (Å²) in [6.45, 7) is 1.88. The molecule has 1 aliphatic carbocycles. The summed E-state index contributed by atoms with van der Waals surface area (Å²) in [7, 11) is 0. The van der Waals surface area contributed by atoms with Crippen molar-refractivity contribution < 1.29 is 4.79 Å². The lowest BCUT2D eigenvalue weighted by Gasteiger charge is -2.30. The molecule has 1 amide bonds. The van der Waals surface area contributed by atoms with Gasteiger partial charge in [-0.15, -0.1) is 0 Å². The number of hydrogen-bond acceptors (Lipinski definition) is 6. The van der Waals surface area contributed by atoms with E-state index in [1.54, 1.807) is 10.8 Å². The maximum absolute atomic E-state index is 12.7. The average Bonchev–Trinajstić information content (AvgIpc) is 3.59. The minimum atomic E-state index is 0.183. The molecule has 0 spiro atoms. The number of carbonyl (C=O) groups excluding carboxylic acids is 1. The molecule has 5 heterocycles. The molecule has 2 aliphatic rings. The number of pyridine rings is 1. The Bertz CT molecular complexity index is 1260. The van der Waals surface area contributed by atoms with Crippen LogP contribution in [0.4, 0.5) is 5.95 Å². The summed E-state index contributed by atoms with van der Waals surface area (Å²) in [6, 6.07) is 4.28. The van der Waals surface area contributed by atoms with E-state index in [4.69, 9.17) is 4.98 Å². The molecule has 1 aliphatic heterocycles. The maximum Gasteiger partial charge on any atom is 0.225 e. The lowest BCUT2D eigenvalue weighted by atomic mass is 9.85. The first kappa shape index (κ1) is 19.2. The first-order chi connectivity index (χ1) is 15.7. The van der Waals surface area contributed by atoms with Gasteiger partial charge in [0, 0.05) is 60.2 Å². The second-order valence-corrected chi connectivity index (χ2v) is 8.86. The Balaban J connectivity index is 1.14. The minimum absolute atomic E-state index is 0.183. The van der Waals surface area contributed by atoms with Crippen molar-refractivity contribution in [3.63, 3.8) is 0 Å². The Kier molecular flexibility index (Phi) is 4.74. The third kappa shape index (κ3) is 3.47. The fourth-order valence-electron chi connectivity index (χ4n) is 5.05. The van der Waals surface area contributed by atoms with Crippen molar-refractivity contribution in [2.24, 2.45) is 5.92 Å². The van der Waals surface area contributed by atoms with Gasteiger partial charge in [-0.1, -0.05) is 0 Å². The summed E-state index contributed by atoms with van der Waals surface area (Å²) in [5.74, 6) is 1.18. The molecule has 4 aromatic heterocycles. The molecular formula is C23H26N8O. The summed E-state index contributed by atoms with van der Waals surface area (Å²) < 4.78 is 1.76. The second kappa shape index (κ2) is 7.89. The topological polar surface area (TPSA) is 104 Å². The van der Waals surface area contributed by atoms with E-state index in [1.807, 2.05) is 30.7 Å². The van der Waals surface area contributed by atoms with Crippen LogP contribution in [-0.4, -0.2) is 59.5 Å². The van der Waals surface area contributed by atoms with Crippen LogP contribution in [0.25, 0.3) is 27.8 Å². The van der Waals surface area contributed by atoms with E-state index in [0.717, 1.165) is 79.4 Å². The van der Waals surface area contributed by atoms with Crippen LogP contribution in [0.3, 0.4) is 0 Å². The van der Waals surface area contributed by atoms with Crippen LogP contribution < -0.4 is 5.32 Å². The molecule has 6 rings (SSSR count). The van der Waals surface area contributed by atoms with Gasteiger partial charge in [-0.3, -0.25) is 4.79 Å². The van der Waals surface area contributed by atoms with Crippen LogP contribution in [0, 0.1) is 5.92 Å². The number of rotatable bonds is 4. The van der Waals surface area contributed by atoms with Gasteiger partial charge in [0.2, 0.25) is 11.9 Å². The number of aromatic nitrogens is 6. The predicted octanol–water partition coefficient (Wildman–Crippen LogP) is 3.26. The number of hydrogen-bond donors (Lipinski definition) is 2. The van der Waals surface area contributed by atoms with Crippen molar-refractivity contribution >= 4 is 28.5 Å². The van der Waals surface area contributed by atoms with Crippen molar-refractivity contribution in [2.45, 2.75) is 44.6 Å². The van der Waals surface area contributed by atoms with Crippen LogP contribution in [-0.2, 0) is 4.79 Å². The maximum atomic E-state index is 12.7. The fourth-order valence-corrected chi connectivity index (χ4v) is 5.05. The van der Waals surface area contributed by atoms with Gasteiger partial charge in [0.05, 0.1) is 0 Å². The Hall–Kier alpha value is -3.49. The van der Waals surface area contributed by atoms with E-state index >= 15 is 0 Å². The van der Waals surface area contributed by atoms with E-state index < -0.39 is 0 Å². The standard InChI is InChI=1S/C23H26N8O/c32-22(30-9-1-2-10-30)15-3-6-17(7-4-15)28-23-25-12-19-18(11-24-21(19)29-23)16-5-8-20-26-14-27-31(20)13-16/h5,8,11-15,17H,1-4,6-7,9-10H2,(H2,24,25,28,29). The quantitative estimate of drug-likeness (QED) is 0.515. The highest BCUT2D eigenvalue weighted by molar-refractivity contribution is 5.93. The lowest BCUT2D eigenvalue weighted by Crippen LogP contribution is -2.37. The molecule has 0 atom stereocenters. The molecule has 0 unspecified atom stereocenters. The van der Waals surface area contributed by atoms with E-state index in [1.165, 1.54) is 0 Å². The van der Waals surface area contributed by atoms with Crippen molar-refractivity contribution in [3.8, 4) is 11.1 Å². The monoisotopic (exact) mass is 430 g/mol. The highest BCUT2D eigenvalue weighted by Gasteiger charge is 2.30. The first-order valence-electron chi connectivity index (χ1n) is 11.4. The zero-order chi connectivity index (χ0) is 21.5. The van der Waals surface area contributed by atoms with E-state index in [0.29, 0.717) is 17.9 Å². The van der Waals surface area contributed by atoms with Gasteiger partial charge in [-0.25, -0.2) is 14.5 Å². The number of fused-ring (bicyclic) bond motifs is 2. The zero-order valence-corrected chi connectivity index (χ0v) is 17.9. The number of H-pyrrole nitrogens is 1. The largest absolute Gasteiger partial charge is 0.351 e. The van der Waals surface area contributed by atoms with Gasteiger partial charge in [0.25, 0.3) is 0 Å². The molecule has 9 nitrogen and oxygen atoms in total. The number of amides is 1. The Morgan fingerprint density at radius 3 is 2.78 bits per heavy atom. The first-order valence-corrected chi connectivity index (χ1v) is 11.4. The molecule has 1 saturated heterocycles. The number of nitrogens with zero attached hydrogens (tertiary/aromatic N) is 6. The lowest BCUT2D eigenvalue weighted by molar-refractivity contribution is -0.135. The van der Waals surface area contributed by atoms with Crippen LogP contribution >= 0.6 is 0 Å². The van der Waals surface area contributed by atoms with Crippen molar-refractivity contribution in [1.82, 2.24) is 34.4 Å². The van der Waals surface area contributed by atoms with Gasteiger partial charge in [0.15, 0.2) is 5.65 Å². The Morgan fingerprint density at radius 1 is 1.09 bits per heavy atom. The number of anilines is 1. The van der Waals surface area contributed by atoms with Gasteiger partial charge in [-0.2, -0.15) is 10.1 Å². The van der Waals surface area contributed by atoms with Crippen LogP contribution in [0.2, 0.25) is 0 Å². The summed E-state index contributed by atoms with van der Waals surface area (Å²) in [6.07, 6.45) is 13.4. The Morgan fingerprint density at radius 2 is 1.94 bits per heavy atom. The molecule has 32 heavy (non-hydrogen) atoms. The van der Waals surface area contributed by atoms with Gasteiger partial charge < -0.3 is 15.2 Å². The van der Waals surface area contributed by atoms with Crippen LogP contribution in [0.1, 0.15) is 38.5 Å². The summed E-state index contributed by atoms with van der Waals surface area (Å²) in [4.78, 5) is 31.5. The molecule has 0 aromatic carbocycles. The van der Waals surface area contributed by atoms with Crippen LogP contribution in [0.5, 0.6) is 0 Å². The van der Waals surface area contributed by atoms with E-state index in [-0.39, 0.29) is 5.92 Å². The third-order valence-electron chi connectivity index (χ3n) is 6.84. The Labute approximate surface area is 185 Å². The van der Waals surface area contributed by atoms with Crippen LogP contribution in [0.15, 0.2) is 37.1 Å². The second-order valence-electron chi connectivity index (χ2n) is 8.86. The van der Waals surface area contributed by atoms with Gasteiger partial charge in [0.1, 0.15) is 12.0 Å². The normalized spacial score (nSPS) is 21.4. The molecule has 164 valence electrons. The molecule has 0 bridgehead atoms. The molecule has 4 aromatic rings. The van der Waals surface area contributed by atoms with E-state index in [9.17, 15) is 4.79 Å². The average molecular weight is 431 g/mol. The fraction of sp³-hybridized carbons (Fsp3) is 0.435. The predicted molar refractivity (Wildman–Crippen MR) is 121 cm³/mol. The highest BCUT2D eigenvalue weighted by atomic mass is 16.2. The third-order valence-corrected chi connectivity index (χ3v) is 6.84. The molecular weight excluding hydrogens is 404 g/mol. The van der Waals surface area contributed by atoms with Gasteiger partial charge >= 0.3 is 0 Å². The molecule has 2 N–H and O–H groups in total. The summed E-state index contributed by atoms with van der Waals surface area (Å²) >= 11 is 0. The molecule has 0 radical (unpaired) electrons. The highest BCUT2D eigenvalue weighted by Crippen LogP contribution is 2.30. The number of likely N-dealkylation sites (tertiary alicyclic amines) is 1. The van der Waals surface area contributed by atoms with Crippen molar-refractivity contribution in [1.29, 1.82) is 0 Å². The smallest absolute Gasteiger partial charge is 0.225 e.